The highest BCUT2D eigenvalue weighted by Crippen LogP contribution is 2.14. The topological polar surface area (TPSA) is 102 Å². The van der Waals surface area contributed by atoms with Gasteiger partial charge in [-0.1, -0.05) is 12.1 Å². The van der Waals surface area contributed by atoms with Crippen molar-refractivity contribution >= 4 is 16.9 Å². The standard InChI is InChI=1S/C17H18N4O3/c18-20-17(23)12-5-7-14(8-6-12)24-10-13(22)9-21-11-19-15-3-1-2-4-16(15)21/h1-8,11,13,22H,9-10,18H2,(H,20,23). The van der Waals surface area contributed by atoms with Crippen molar-refractivity contribution in [1.29, 1.82) is 0 Å². The number of aliphatic hydroxyl groups excluding tert-OH is 1. The van der Waals surface area contributed by atoms with E-state index in [4.69, 9.17) is 10.6 Å². The van der Waals surface area contributed by atoms with Crippen LogP contribution in [0.3, 0.4) is 0 Å². The van der Waals surface area contributed by atoms with Crippen LogP contribution in [-0.4, -0.2) is 33.3 Å². The van der Waals surface area contributed by atoms with Gasteiger partial charge in [0.25, 0.3) is 5.91 Å². The molecule has 1 unspecified atom stereocenters. The lowest BCUT2D eigenvalue weighted by molar-refractivity contribution is 0.0929. The molecular weight excluding hydrogens is 308 g/mol. The molecule has 24 heavy (non-hydrogen) atoms. The number of ether oxygens (including phenoxy) is 1. The molecule has 7 nitrogen and oxygen atoms in total. The Kier molecular flexibility index (Phi) is 4.74. The van der Waals surface area contributed by atoms with Crippen molar-refractivity contribution in [2.24, 2.45) is 5.84 Å². The summed E-state index contributed by atoms with van der Waals surface area (Å²) in [6.07, 6.45) is 1.02. The summed E-state index contributed by atoms with van der Waals surface area (Å²) >= 11 is 0. The van der Waals surface area contributed by atoms with Crippen molar-refractivity contribution in [2.45, 2.75) is 12.6 Å². The fourth-order valence-electron chi connectivity index (χ4n) is 2.41. The summed E-state index contributed by atoms with van der Waals surface area (Å²) < 4.78 is 7.44. The number of rotatable bonds is 6. The number of para-hydroxylation sites is 2. The lowest BCUT2D eigenvalue weighted by atomic mass is 10.2. The highest BCUT2D eigenvalue weighted by Gasteiger charge is 2.10. The van der Waals surface area contributed by atoms with Crippen LogP contribution in [-0.2, 0) is 6.54 Å². The molecule has 1 aromatic heterocycles. The van der Waals surface area contributed by atoms with Gasteiger partial charge in [0.2, 0.25) is 0 Å². The number of hydrazine groups is 1. The molecule has 124 valence electrons. The molecule has 1 atom stereocenters. The monoisotopic (exact) mass is 326 g/mol. The second-order valence-corrected chi connectivity index (χ2v) is 5.35. The second kappa shape index (κ2) is 7.12. The summed E-state index contributed by atoms with van der Waals surface area (Å²) in [5, 5.41) is 10.2. The maximum absolute atomic E-state index is 11.4. The van der Waals surface area contributed by atoms with Gasteiger partial charge in [0.05, 0.1) is 23.9 Å². The Balaban J connectivity index is 1.57. The van der Waals surface area contributed by atoms with Crippen molar-refractivity contribution in [3.63, 3.8) is 0 Å². The van der Waals surface area contributed by atoms with Gasteiger partial charge in [0.15, 0.2) is 0 Å². The summed E-state index contributed by atoms with van der Waals surface area (Å²) in [7, 11) is 0. The summed E-state index contributed by atoms with van der Waals surface area (Å²) in [5.41, 5.74) is 4.36. The Morgan fingerprint density at radius 1 is 1.25 bits per heavy atom. The van der Waals surface area contributed by atoms with Crippen LogP contribution in [0.15, 0.2) is 54.9 Å². The third-order valence-corrected chi connectivity index (χ3v) is 3.62. The van der Waals surface area contributed by atoms with E-state index in [9.17, 15) is 9.90 Å². The number of hydrogen-bond acceptors (Lipinski definition) is 5. The molecule has 3 aromatic rings. The van der Waals surface area contributed by atoms with Crippen molar-refractivity contribution in [1.82, 2.24) is 15.0 Å². The van der Waals surface area contributed by atoms with E-state index < -0.39 is 6.10 Å². The fraction of sp³-hybridized carbons (Fsp3) is 0.176. The Morgan fingerprint density at radius 2 is 2.00 bits per heavy atom. The first-order valence-electron chi connectivity index (χ1n) is 7.49. The zero-order chi connectivity index (χ0) is 16.9. The van der Waals surface area contributed by atoms with E-state index >= 15 is 0 Å². The van der Waals surface area contributed by atoms with Crippen LogP contribution in [0.25, 0.3) is 11.0 Å². The smallest absolute Gasteiger partial charge is 0.265 e. The van der Waals surface area contributed by atoms with E-state index in [0.717, 1.165) is 11.0 Å². The van der Waals surface area contributed by atoms with Crippen molar-refractivity contribution in [3.8, 4) is 5.75 Å². The number of carbonyl (C=O) groups is 1. The van der Waals surface area contributed by atoms with Crippen LogP contribution in [0.1, 0.15) is 10.4 Å². The molecule has 0 bridgehead atoms. The molecule has 0 fully saturated rings. The van der Waals surface area contributed by atoms with Gasteiger partial charge < -0.3 is 14.4 Å². The SMILES string of the molecule is NNC(=O)c1ccc(OCC(O)Cn2cnc3ccccc32)cc1. The van der Waals surface area contributed by atoms with Crippen molar-refractivity contribution < 1.29 is 14.6 Å². The minimum absolute atomic E-state index is 0.134. The van der Waals surface area contributed by atoms with Gasteiger partial charge in [-0.05, 0) is 36.4 Å². The first-order chi connectivity index (χ1) is 11.7. The minimum atomic E-state index is -0.686. The van der Waals surface area contributed by atoms with Gasteiger partial charge >= 0.3 is 0 Å². The molecule has 0 saturated heterocycles. The highest BCUT2D eigenvalue weighted by atomic mass is 16.5. The summed E-state index contributed by atoms with van der Waals surface area (Å²) in [4.78, 5) is 15.6. The van der Waals surface area contributed by atoms with Gasteiger partial charge in [0, 0.05) is 5.56 Å². The van der Waals surface area contributed by atoms with Crippen LogP contribution >= 0.6 is 0 Å². The fourth-order valence-corrected chi connectivity index (χ4v) is 2.41. The van der Waals surface area contributed by atoms with Crippen LogP contribution in [0.2, 0.25) is 0 Å². The van der Waals surface area contributed by atoms with Crippen LogP contribution < -0.4 is 16.0 Å². The zero-order valence-corrected chi connectivity index (χ0v) is 12.9. The first kappa shape index (κ1) is 16.0. The molecule has 0 spiro atoms. The summed E-state index contributed by atoms with van der Waals surface area (Å²) in [6.45, 7) is 0.517. The maximum Gasteiger partial charge on any atom is 0.265 e. The molecule has 0 aliphatic carbocycles. The number of nitrogens with one attached hydrogen (secondary N) is 1. The van der Waals surface area contributed by atoms with E-state index in [1.165, 1.54) is 0 Å². The molecule has 4 N–H and O–H groups in total. The predicted octanol–water partition coefficient (Wildman–Crippen LogP) is 1.08. The average molecular weight is 326 g/mol. The van der Waals surface area contributed by atoms with Crippen LogP contribution in [0.5, 0.6) is 5.75 Å². The van der Waals surface area contributed by atoms with E-state index in [-0.39, 0.29) is 12.5 Å². The van der Waals surface area contributed by atoms with Gasteiger partial charge in [-0.25, -0.2) is 10.8 Å². The molecule has 7 heteroatoms. The molecule has 0 aliphatic rings. The third-order valence-electron chi connectivity index (χ3n) is 3.62. The lowest BCUT2D eigenvalue weighted by Crippen LogP contribution is -2.29. The van der Waals surface area contributed by atoms with Crippen molar-refractivity contribution in [2.75, 3.05) is 6.61 Å². The third kappa shape index (κ3) is 3.53. The average Bonchev–Trinajstić information content (AvgIpc) is 3.03. The summed E-state index contributed by atoms with van der Waals surface area (Å²) in [5.74, 6) is 5.27. The Bertz CT molecular complexity index is 829. The molecule has 1 heterocycles. The second-order valence-electron chi connectivity index (χ2n) is 5.35. The predicted molar refractivity (Wildman–Crippen MR) is 89.3 cm³/mol. The number of hydrogen-bond donors (Lipinski definition) is 3. The number of aromatic nitrogens is 2. The molecular formula is C17H18N4O3. The molecule has 0 radical (unpaired) electrons. The number of nitrogens with zero attached hydrogens (tertiary/aromatic N) is 2. The lowest BCUT2D eigenvalue weighted by Gasteiger charge is -2.13. The number of benzene rings is 2. The highest BCUT2D eigenvalue weighted by molar-refractivity contribution is 5.93. The molecule has 3 rings (SSSR count). The molecule has 1 amide bonds. The van der Waals surface area contributed by atoms with E-state index in [0.29, 0.717) is 17.9 Å². The van der Waals surface area contributed by atoms with E-state index in [1.54, 1.807) is 30.6 Å². The molecule has 0 aliphatic heterocycles. The van der Waals surface area contributed by atoms with Crippen LogP contribution in [0.4, 0.5) is 0 Å². The molecule has 2 aromatic carbocycles. The zero-order valence-electron chi connectivity index (χ0n) is 12.9. The number of amides is 1. The summed E-state index contributed by atoms with van der Waals surface area (Å²) in [6, 6.07) is 14.3. The van der Waals surface area contributed by atoms with Gasteiger partial charge in [-0.3, -0.25) is 10.2 Å². The van der Waals surface area contributed by atoms with Gasteiger partial charge in [-0.15, -0.1) is 0 Å². The molecule has 0 saturated carbocycles. The van der Waals surface area contributed by atoms with Gasteiger partial charge in [0.1, 0.15) is 18.5 Å². The first-order valence-corrected chi connectivity index (χ1v) is 7.49. The van der Waals surface area contributed by atoms with E-state index in [1.807, 2.05) is 28.8 Å². The number of nitrogens with two attached hydrogens (primary N) is 1. The Hall–Kier alpha value is -2.90. The number of fused-ring (bicyclic) bond motifs is 1. The maximum atomic E-state index is 11.4. The van der Waals surface area contributed by atoms with Gasteiger partial charge in [-0.2, -0.15) is 0 Å². The number of imidazole rings is 1. The van der Waals surface area contributed by atoms with Crippen molar-refractivity contribution in [3.05, 3.63) is 60.4 Å². The normalized spacial score (nSPS) is 12.1. The number of carbonyl (C=O) groups excluding carboxylic acids is 1. The minimum Gasteiger partial charge on any atom is -0.491 e. The van der Waals surface area contributed by atoms with E-state index in [2.05, 4.69) is 10.4 Å². The Labute approximate surface area is 138 Å². The largest absolute Gasteiger partial charge is 0.491 e. The Morgan fingerprint density at radius 3 is 2.75 bits per heavy atom. The number of nitrogen functional groups attached to an aromatic ring is 1. The quantitative estimate of drug-likeness (QED) is 0.357. The number of aliphatic hydroxyl groups is 1. The van der Waals surface area contributed by atoms with Crippen LogP contribution in [0, 0.1) is 0 Å².